The predicted octanol–water partition coefficient (Wildman–Crippen LogP) is 0.174. The fourth-order valence-corrected chi connectivity index (χ4v) is 0.752. The Kier molecular flexibility index (Phi) is 6.70. The van der Waals surface area contributed by atoms with Crippen LogP contribution in [0.2, 0.25) is 0 Å². The molecule has 0 heterocycles. The minimum Gasteiger partial charge on any atom is -0.468 e. The highest BCUT2D eigenvalue weighted by Crippen LogP contribution is 1.84. The molecule has 0 radical (unpaired) electrons. The van der Waals surface area contributed by atoms with E-state index >= 15 is 0 Å². The van der Waals surface area contributed by atoms with Gasteiger partial charge < -0.3 is 14.8 Å². The van der Waals surface area contributed by atoms with E-state index < -0.39 is 0 Å². The van der Waals surface area contributed by atoms with E-state index in [1.165, 1.54) is 7.11 Å². The molecule has 0 aromatic heterocycles. The molecule has 1 N–H and O–H groups in total. The molecule has 4 nitrogen and oxygen atoms in total. The quantitative estimate of drug-likeness (QED) is 0.462. The molecule has 1 unspecified atom stereocenters. The molecule has 0 saturated carbocycles. The van der Waals surface area contributed by atoms with Crippen molar-refractivity contribution in [3.63, 3.8) is 0 Å². The van der Waals surface area contributed by atoms with Crippen LogP contribution in [0.1, 0.15) is 13.8 Å². The summed E-state index contributed by atoms with van der Waals surface area (Å²) in [5.74, 6) is -0.244. The standard InChI is InChI=1S/C8H17NO3/c1-4-12-6-5-9-7(2)8(10)11-3/h7,9H,4-6H2,1-3H3. The summed E-state index contributed by atoms with van der Waals surface area (Å²) in [6, 6.07) is -0.254. The number of esters is 1. The Morgan fingerprint density at radius 3 is 2.75 bits per heavy atom. The van der Waals surface area contributed by atoms with Crippen molar-refractivity contribution in [3.05, 3.63) is 0 Å². The molecule has 0 bridgehead atoms. The van der Waals surface area contributed by atoms with Crippen molar-refractivity contribution in [1.29, 1.82) is 0 Å². The van der Waals surface area contributed by atoms with Gasteiger partial charge in [-0.1, -0.05) is 0 Å². The number of ether oxygens (including phenoxy) is 2. The summed E-state index contributed by atoms with van der Waals surface area (Å²) in [4.78, 5) is 10.8. The normalized spacial score (nSPS) is 12.6. The SMILES string of the molecule is CCOCCNC(C)C(=O)OC. The van der Waals surface area contributed by atoms with E-state index in [9.17, 15) is 4.79 Å². The molecule has 0 amide bonds. The van der Waals surface area contributed by atoms with Crippen LogP contribution in [0.15, 0.2) is 0 Å². The fraction of sp³-hybridized carbons (Fsp3) is 0.875. The summed E-state index contributed by atoms with van der Waals surface area (Å²) in [7, 11) is 1.38. The van der Waals surface area contributed by atoms with E-state index in [1.54, 1.807) is 6.92 Å². The van der Waals surface area contributed by atoms with Gasteiger partial charge >= 0.3 is 5.97 Å². The smallest absolute Gasteiger partial charge is 0.322 e. The largest absolute Gasteiger partial charge is 0.468 e. The first-order valence-electron chi connectivity index (χ1n) is 4.11. The van der Waals surface area contributed by atoms with Gasteiger partial charge in [0, 0.05) is 13.2 Å². The molecule has 1 atom stereocenters. The molecule has 0 aromatic rings. The Morgan fingerprint density at radius 1 is 1.58 bits per heavy atom. The summed E-state index contributed by atoms with van der Waals surface area (Å²) in [5.41, 5.74) is 0. The second-order valence-corrected chi connectivity index (χ2v) is 2.40. The Bertz CT molecular complexity index is 127. The maximum atomic E-state index is 10.8. The third-order valence-corrected chi connectivity index (χ3v) is 1.46. The van der Waals surface area contributed by atoms with E-state index in [-0.39, 0.29) is 12.0 Å². The molecular formula is C8H17NO3. The summed E-state index contributed by atoms with van der Waals surface area (Å²) in [5, 5.41) is 2.97. The van der Waals surface area contributed by atoms with E-state index in [1.807, 2.05) is 6.92 Å². The summed E-state index contributed by atoms with van der Waals surface area (Å²) in [6.45, 7) is 5.69. The van der Waals surface area contributed by atoms with Gasteiger partial charge in [0.25, 0.3) is 0 Å². The van der Waals surface area contributed by atoms with Crippen molar-refractivity contribution in [3.8, 4) is 0 Å². The molecule has 0 rings (SSSR count). The van der Waals surface area contributed by atoms with Gasteiger partial charge in [-0.25, -0.2) is 0 Å². The second kappa shape index (κ2) is 7.06. The highest BCUT2D eigenvalue weighted by atomic mass is 16.5. The first-order chi connectivity index (χ1) is 5.72. The average molecular weight is 175 g/mol. The van der Waals surface area contributed by atoms with Crippen molar-refractivity contribution in [2.45, 2.75) is 19.9 Å². The van der Waals surface area contributed by atoms with Crippen molar-refractivity contribution in [1.82, 2.24) is 5.32 Å². The number of hydrogen-bond acceptors (Lipinski definition) is 4. The van der Waals surface area contributed by atoms with Gasteiger partial charge in [-0.15, -0.1) is 0 Å². The van der Waals surface area contributed by atoms with Gasteiger partial charge in [0.05, 0.1) is 13.7 Å². The molecule has 0 aromatic carbocycles. The summed E-state index contributed by atoms with van der Waals surface area (Å²) < 4.78 is 9.61. The number of nitrogens with one attached hydrogen (secondary N) is 1. The number of carbonyl (C=O) groups is 1. The minimum atomic E-state index is -0.254. The van der Waals surface area contributed by atoms with Crippen LogP contribution in [0.25, 0.3) is 0 Å². The Morgan fingerprint density at radius 2 is 2.25 bits per heavy atom. The molecule has 0 aliphatic heterocycles. The topological polar surface area (TPSA) is 47.6 Å². The average Bonchev–Trinajstić information content (AvgIpc) is 2.10. The molecule has 0 spiro atoms. The first kappa shape index (κ1) is 11.4. The lowest BCUT2D eigenvalue weighted by Gasteiger charge is -2.10. The third kappa shape index (κ3) is 5.09. The molecule has 12 heavy (non-hydrogen) atoms. The zero-order valence-corrected chi connectivity index (χ0v) is 7.92. The lowest BCUT2D eigenvalue weighted by atomic mass is 10.3. The Balaban J connectivity index is 3.31. The van der Waals surface area contributed by atoms with Gasteiger partial charge in [0.15, 0.2) is 0 Å². The highest BCUT2D eigenvalue weighted by Gasteiger charge is 2.10. The molecule has 4 heteroatoms. The Hall–Kier alpha value is -0.610. The van der Waals surface area contributed by atoms with Crippen molar-refractivity contribution >= 4 is 5.97 Å². The number of rotatable bonds is 6. The van der Waals surface area contributed by atoms with Gasteiger partial charge in [-0.3, -0.25) is 4.79 Å². The number of hydrogen-bond donors (Lipinski definition) is 1. The van der Waals surface area contributed by atoms with Crippen molar-refractivity contribution < 1.29 is 14.3 Å². The Labute approximate surface area is 73.2 Å². The second-order valence-electron chi connectivity index (χ2n) is 2.40. The number of methoxy groups -OCH3 is 1. The van der Waals surface area contributed by atoms with Gasteiger partial charge in [-0.05, 0) is 13.8 Å². The molecule has 72 valence electrons. The highest BCUT2D eigenvalue weighted by molar-refractivity contribution is 5.74. The van der Waals surface area contributed by atoms with Crippen molar-refractivity contribution in [2.24, 2.45) is 0 Å². The van der Waals surface area contributed by atoms with E-state index in [2.05, 4.69) is 10.1 Å². The predicted molar refractivity (Wildman–Crippen MR) is 46.0 cm³/mol. The van der Waals surface area contributed by atoms with Crippen LogP contribution in [-0.4, -0.2) is 38.9 Å². The minimum absolute atomic E-state index is 0.244. The van der Waals surface area contributed by atoms with E-state index in [4.69, 9.17) is 4.74 Å². The fourth-order valence-electron chi connectivity index (χ4n) is 0.752. The lowest BCUT2D eigenvalue weighted by molar-refractivity contribution is -0.142. The number of carbonyl (C=O) groups excluding carboxylic acids is 1. The van der Waals surface area contributed by atoms with Gasteiger partial charge in [0.2, 0.25) is 0 Å². The summed E-state index contributed by atoms with van der Waals surface area (Å²) in [6.07, 6.45) is 0. The lowest BCUT2D eigenvalue weighted by Crippen LogP contribution is -2.36. The van der Waals surface area contributed by atoms with Crippen LogP contribution in [0.5, 0.6) is 0 Å². The van der Waals surface area contributed by atoms with Crippen LogP contribution < -0.4 is 5.32 Å². The van der Waals surface area contributed by atoms with Crippen molar-refractivity contribution in [2.75, 3.05) is 26.9 Å². The van der Waals surface area contributed by atoms with E-state index in [0.717, 1.165) is 0 Å². The maximum Gasteiger partial charge on any atom is 0.322 e. The molecule has 0 fully saturated rings. The molecule has 0 aliphatic carbocycles. The third-order valence-electron chi connectivity index (χ3n) is 1.46. The van der Waals surface area contributed by atoms with Gasteiger partial charge in [-0.2, -0.15) is 0 Å². The molecule has 0 saturated heterocycles. The van der Waals surface area contributed by atoms with Crippen LogP contribution in [0.4, 0.5) is 0 Å². The van der Waals surface area contributed by atoms with Gasteiger partial charge in [0.1, 0.15) is 6.04 Å². The zero-order chi connectivity index (χ0) is 9.40. The van der Waals surface area contributed by atoms with Crippen LogP contribution in [-0.2, 0) is 14.3 Å². The van der Waals surface area contributed by atoms with Crippen LogP contribution in [0, 0.1) is 0 Å². The monoisotopic (exact) mass is 175 g/mol. The van der Waals surface area contributed by atoms with E-state index in [0.29, 0.717) is 19.8 Å². The molecule has 0 aliphatic rings. The first-order valence-corrected chi connectivity index (χ1v) is 4.11. The van der Waals surface area contributed by atoms with Crippen LogP contribution in [0.3, 0.4) is 0 Å². The molecular weight excluding hydrogens is 158 g/mol. The van der Waals surface area contributed by atoms with Crippen LogP contribution >= 0.6 is 0 Å². The zero-order valence-electron chi connectivity index (χ0n) is 7.92. The maximum absolute atomic E-state index is 10.8. The summed E-state index contributed by atoms with van der Waals surface area (Å²) >= 11 is 0.